The molecular weight excluding hydrogens is 667 g/mol. The summed E-state index contributed by atoms with van der Waals surface area (Å²) in [6, 6.07) is 42.0. The van der Waals surface area contributed by atoms with Gasteiger partial charge in [0.15, 0.2) is 0 Å². The highest BCUT2D eigenvalue weighted by atomic mass is 19.1. The number of nitriles is 2. The highest BCUT2D eigenvalue weighted by Crippen LogP contribution is 2.24. The summed E-state index contributed by atoms with van der Waals surface area (Å²) in [4.78, 5) is 0. The lowest BCUT2D eigenvalue weighted by Crippen LogP contribution is -2.12. The predicted molar refractivity (Wildman–Crippen MR) is 228 cm³/mol. The van der Waals surface area contributed by atoms with Gasteiger partial charge in [0.2, 0.25) is 0 Å². The van der Waals surface area contributed by atoms with Crippen molar-refractivity contribution in [1.82, 2.24) is 0 Å². The van der Waals surface area contributed by atoms with Gasteiger partial charge in [-0.2, -0.15) is 10.5 Å². The molecule has 0 unspecified atom stereocenters. The molecule has 0 spiro atoms. The highest BCUT2D eigenvalue weighted by molar-refractivity contribution is 5.39. The van der Waals surface area contributed by atoms with Crippen LogP contribution in [0, 0.1) is 41.2 Å². The first-order valence-electron chi connectivity index (χ1n) is 18.5. The maximum atomic E-state index is 13.1. The average Bonchev–Trinajstić information content (AvgIpc) is 3.12. The van der Waals surface area contributed by atoms with Crippen LogP contribution in [0.3, 0.4) is 0 Å². The molecule has 0 aliphatic carbocycles. The second kappa shape index (κ2) is 25.0. The van der Waals surface area contributed by atoms with Crippen molar-refractivity contribution in [3.63, 3.8) is 0 Å². The van der Waals surface area contributed by atoms with Crippen LogP contribution < -0.4 is 0 Å². The van der Waals surface area contributed by atoms with Gasteiger partial charge in [0.25, 0.3) is 0 Å². The van der Waals surface area contributed by atoms with Crippen LogP contribution in [0.4, 0.5) is 8.78 Å². The van der Waals surface area contributed by atoms with Crippen LogP contribution in [0.15, 0.2) is 121 Å². The van der Waals surface area contributed by atoms with Gasteiger partial charge in [0, 0.05) is 0 Å². The van der Waals surface area contributed by atoms with Crippen LogP contribution in [0.25, 0.3) is 0 Å². The van der Waals surface area contributed by atoms with Gasteiger partial charge in [-0.25, -0.2) is 8.78 Å². The van der Waals surface area contributed by atoms with Crippen LogP contribution in [-0.4, -0.2) is 0 Å². The first kappa shape index (κ1) is 48.9. The zero-order valence-electron chi connectivity index (χ0n) is 34.0. The maximum Gasteiger partial charge on any atom is 0.126 e. The third kappa shape index (κ3) is 18.6. The zero-order valence-corrected chi connectivity index (χ0v) is 34.0. The number of hydrogen-bond acceptors (Lipinski definition) is 2. The Labute approximate surface area is 327 Å². The van der Waals surface area contributed by atoms with Crippen LogP contribution >= 0.6 is 0 Å². The number of hydrogen-bond donors (Lipinski definition) is 0. The van der Waals surface area contributed by atoms with E-state index >= 15 is 0 Å². The molecule has 0 bridgehead atoms. The fraction of sp³-hybridized carbons (Fsp3) is 0.360. The van der Waals surface area contributed by atoms with Gasteiger partial charge in [-0.1, -0.05) is 174 Å². The summed E-state index contributed by atoms with van der Waals surface area (Å²) in [6.45, 7) is 25.1. The average molecular weight is 731 g/mol. The fourth-order valence-corrected chi connectivity index (χ4v) is 5.03. The molecule has 0 amide bonds. The van der Waals surface area contributed by atoms with Crippen molar-refractivity contribution in [1.29, 1.82) is 10.5 Å². The summed E-state index contributed by atoms with van der Waals surface area (Å²) in [5.74, 6) is 1.75. The molecule has 4 heteroatoms. The minimum atomic E-state index is -0.147. The minimum Gasteiger partial charge on any atom is -0.207 e. The maximum absolute atomic E-state index is 13.1. The summed E-state index contributed by atoms with van der Waals surface area (Å²) >= 11 is 0. The van der Waals surface area contributed by atoms with Crippen molar-refractivity contribution >= 4 is 0 Å². The molecule has 54 heavy (non-hydrogen) atoms. The Morgan fingerprint density at radius 1 is 0.519 bits per heavy atom. The Balaban J connectivity index is 0.000000648. The quantitative estimate of drug-likeness (QED) is 0.185. The Morgan fingerprint density at radius 3 is 1.39 bits per heavy atom. The highest BCUT2D eigenvalue weighted by Gasteiger charge is 2.16. The SMILES string of the molecule is C.CC(C)(C)c1ccccc1F.CC(C)c1cccc(C#N)c1.CC(C)c1cccc(F)c1.CC(C)c1ccccc1C#N.Cc1cccc(C(C)C)c1. The van der Waals surface area contributed by atoms with E-state index in [1.807, 2.05) is 87.5 Å². The van der Waals surface area contributed by atoms with Gasteiger partial charge in [0.1, 0.15) is 11.6 Å². The standard InChI is InChI=1S/C10H13F.2C10H11N.C10H14.C9H11F.CH4/c1-10(2,3)8-6-4-5-7-9(8)11;1-8(2)10-5-3-4-9(6-10)7-11;1-8(2)10-6-4-3-5-9(10)7-11;1-8(2)10-6-4-5-9(3)7-10;1-7(2)8-4-3-5-9(10)6-8;/h4-7H,1-3H3;2*3-6,8H,1-2H3;4-8H,1-3H3;3-7H,1-2H3;1H4. The van der Waals surface area contributed by atoms with Crippen molar-refractivity contribution in [2.24, 2.45) is 0 Å². The van der Waals surface area contributed by atoms with E-state index in [1.54, 1.807) is 18.2 Å². The summed E-state index contributed by atoms with van der Waals surface area (Å²) < 4.78 is 25.6. The number of nitrogens with zero attached hydrogens (tertiary/aromatic N) is 2. The Morgan fingerprint density at radius 2 is 1.00 bits per heavy atom. The van der Waals surface area contributed by atoms with E-state index in [2.05, 4.69) is 98.7 Å². The topological polar surface area (TPSA) is 47.6 Å². The number of aryl methyl sites for hydroxylation is 1. The zero-order chi connectivity index (χ0) is 40.1. The van der Waals surface area contributed by atoms with Crippen molar-refractivity contribution in [3.8, 4) is 12.1 Å². The minimum absolute atomic E-state index is 0. The van der Waals surface area contributed by atoms with Gasteiger partial charge in [-0.15, -0.1) is 0 Å². The predicted octanol–water partition coefficient (Wildman–Crippen LogP) is 15.2. The van der Waals surface area contributed by atoms with Crippen LogP contribution in [0.2, 0.25) is 0 Å². The van der Waals surface area contributed by atoms with E-state index in [0.717, 1.165) is 27.8 Å². The van der Waals surface area contributed by atoms with E-state index in [-0.39, 0.29) is 24.5 Å². The number of rotatable bonds is 4. The van der Waals surface area contributed by atoms with E-state index in [0.29, 0.717) is 23.7 Å². The van der Waals surface area contributed by atoms with Crippen LogP contribution in [0.5, 0.6) is 0 Å². The first-order valence-corrected chi connectivity index (χ1v) is 18.5. The summed E-state index contributed by atoms with van der Waals surface area (Å²) in [5.41, 5.74) is 8.43. The monoisotopic (exact) mass is 731 g/mol. The molecule has 288 valence electrons. The normalized spacial score (nSPS) is 10.1. The van der Waals surface area contributed by atoms with Crippen molar-refractivity contribution in [2.45, 2.75) is 120 Å². The van der Waals surface area contributed by atoms with Crippen molar-refractivity contribution in [2.75, 3.05) is 0 Å². The summed E-state index contributed by atoms with van der Waals surface area (Å²) in [7, 11) is 0. The van der Waals surface area contributed by atoms with E-state index in [4.69, 9.17) is 10.5 Å². The molecule has 0 aromatic heterocycles. The molecule has 0 aliphatic rings. The van der Waals surface area contributed by atoms with Gasteiger partial charge in [-0.3, -0.25) is 0 Å². The van der Waals surface area contributed by atoms with Crippen LogP contribution in [-0.2, 0) is 5.41 Å². The second-order valence-corrected chi connectivity index (χ2v) is 15.3. The molecule has 5 aromatic carbocycles. The fourth-order valence-electron chi connectivity index (χ4n) is 5.03. The third-order valence-corrected chi connectivity index (χ3v) is 8.29. The Hall–Kier alpha value is -5.06. The van der Waals surface area contributed by atoms with Gasteiger partial charge < -0.3 is 0 Å². The molecule has 5 rings (SSSR count). The Kier molecular flexibility index (Phi) is 22.7. The number of benzene rings is 5. The van der Waals surface area contributed by atoms with Crippen molar-refractivity contribution in [3.05, 3.63) is 177 Å². The molecular formula is C50H64F2N2. The molecule has 0 saturated heterocycles. The second-order valence-electron chi connectivity index (χ2n) is 15.3. The molecule has 0 aliphatic heterocycles. The van der Waals surface area contributed by atoms with Gasteiger partial charge >= 0.3 is 0 Å². The molecule has 0 fully saturated rings. The van der Waals surface area contributed by atoms with Gasteiger partial charge in [0.05, 0.1) is 23.3 Å². The third-order valence-electron chi connectivity index (χ3n) is 8.29. The van der Waals surface area contributed by atoms with Gasteiger partial charge in [-0.05, 0) is 100 Å². The molecule has 0 saturated carbocycles. The first-order chi connectivity index (χ1) is 24.9. The lowest BCUT2D eigenvalue weighted by atomic mass is 9.87. The molecule has 0 radical (unpaired) electrons. The molecule has 2 nitrogen and oxygen atoms in total. The summed E-state index contributed by atoms with van der Waals surface area (Å²) in [6.07, 6.45) is 0. The molecule has 0 heterocycles. The lowest BCUT2D eigenvalue weighted by molar-refractivity contribution is 0.523. The largest absolute Gasteiger partial charge is 0.207 e. The molecule has 5 aromatic rings. The number of halogens is 2. The van der Waals surface area contributed by atoms with E-state index < -0.39 is 0 Å². The molecule has 0 atom stereocenters. The molecule has 0 N–H and O–H groups in total. The lowest BCUT2D eigenvalue weighted by Gasteiger charge is -2.19. The smallest absolute Gasteiger partial charge is 0.126 e. The van der Waals surface area contributed by atoms with E-state index in [1.165, 1.54) is 28.8 Å². The Bertz CT molecular complexity index is 1830. The summed E-state index contributed by atoms with van der Waals surface area (Å²) in [5, 5.41) is 17.3. The van der Waals surface area contributed by atoms with Crippen molar-refractivity contribution < 1.29 is 8.78 Å². The van der Waals surface area contributed by atoms with E-state index in [9.17, 15) is 8.78 Å². The van der Waals surface area contributed by atoms with Crippen LogP contribution in [0.1, 0.15) is 152 Å².